The van der Waals surface area contributed by atoms with Gasteiger partial charge in [0.25, 0.3) is 0 Å². The van der Waals surface area contributed by atoms with Gasteiger partial charge in [-0.1, -0.05) is 0 Å². The molecule has 3 aliphatic rings. The van der Waals surface area contributed by atoms with Gasteiger partial charge >= 0.3 is 6.09 Å². The van der Waals surface area contributed by atoms with Gasteiger partial charge < -0.3 is 20.5 Å². The van der Waals surface area contributed by atoms with Crippen molar-refractivity contribution in [2.24, 2.45) is 11.7 Å². The monoisotopic (exact) mass is 364 g/mol. The number of ether oxygens (including phenoxy) is 1. The Hall–Kier alpha value is -1.80. The Morgan fingerprint density at radius 1 is 1.42 bits per heavy atom. The minimum Gasteiger partial charge on any atom is -0.465 e. The summed E-state index contributed by atoms with van der Waals surface area (Å²) in [6, 6.07) is -0.441. The minimum atomic E-state index is -0.924. The van der Waals surface area contributed by atoms with Crippen LogP contribution in [0.15, 0.2) is 12.4 Å². The minimum absolute atomic E-state index is 0.0120. The van der Waals surface area contributed by atoms with Gasteiger partial charge in [0.15, 0.2) is 5.82 Å². The molecule has 1 aromatic rings. The summed E-state index contributed by atoms with van der Waals surface area (Å²) in [7, 11) is 0. The number of rotatable bonds is 4. The zero-order valence-corrected chi connectivity index (χ0v) is 14.7. The van der Waals surface area contributed by atoms with E-state index in [1.165, 1.54) is 17.3 Å². The molecule has 0 radical (unpaired) electrons. The van der Waals surface area contributed by atoms with Crippen molar-refractivity contribution >= 4 is 6.09 Å². The van der Waals surface area contributed by atoms with Crippen molar-refractivity contribution in [3.63, 3.8) is 0 Å². The molecule has 7 nitrogen and oxygen atoms in total. The van der Waals surface area contributed by atoms with Crippen LogP contribution in [0, 0.1) is 11.7 Å². The number of fused-ring (bicyclic) bond motifs is 1. The summed E-state index contributed by atoms with van der Waals surface area (Å²) in [4.78, 5) is 21.2. The zero-order valence-electron chi connectivity index (χ0n) is 14.7. The molecule has 0 aromatic carbocycles. The molecule has 26 heavy (non-hydrogen) atoms. The van der Waals surface area contributed by atoms with Gasteiger partial charge in [0, 0.05) is 18.0 Å². The third kappa shape index (κ3) is 3.16. The van der Waals surface area contributed by atoms with E-state index in [0.717, 1.165) is 44.3 Å². The second kappa shape index (κ2) is 6.74. The van der Waals surface area contributed by atoms with Gasteiger partial charge in [-0.05, 0) is 44.4 Å². The second-order valence-corrected chi connectivity index (χ2v) is 7.86. The molecule has 0 bridgehead atoms. The normalized spacial score (nSPS) is 36.5. The predicted molar refractivity (Wildman–Crippen MR) is 91.1 cm³/mol. The number of nitrogens with two attached hydrogens (primary N) is 1. The van der Waals surface area contributed by atoms with Crippen LogP contribution in [0.25, 0.3) is 0 Å². The van der Waals surface area contributed by atoms with E-state index in [1.807, 2.05) is 0 Å². The summed E-state index contributed by atoms with van der Waals surface area (Å²) in [5.41, 5.74) is 6.12. The summed E-state index contributed by atoms with van der Waals surface area (Å²) >= 11 is 0. The molecular formula is C18H25FN4O3. The third-order valence-corrected chi connectivity index (χ3v) is 6.34. The number of likely N-dealkylation sites (tertiary alicyclic amines) is 1. The van der Waals surface area contributed by atoms with Crippen LogP contribution in [0.4, 0.5) is 9.18 Å². The Bertz CT molecular complexity index is 673. The summed E-state index contributed by atoms with van der Waals surface area (Å²) in [5, 5.41) is 9.37. The number of hydrogen-bond donors (Lipinski definition) is 2. The number of carbonyl (C=O) groups is 1. The Morgan fingerprint density at radius 3 is 2.88 bits per heavy atom. The first-order chi connectivity index (χ1) is 12.5. The molecule has 1 aromatic heterocycles. The van der Waals surface area contributed by atoms with Gasteiger partial charge in [-0.25, -0.2) is 19.2 Å². The molecule has 142 valence electrons. The number of amides is 1. The molecule has 0 spiro atoms. The summed E-state index contributed by atoms with van der Waals surface area (Å²) in [5.74, 6) is 0.794. The van der Waals surface area contributed by atoms with E-state index < -0.39 is 11.9 Å². The van der Waals surface area contributed by atoms with Crippen molar-refractivity contribution < 1.29 is 19.0 Å². The molecule has 5 unspecified atom stereocenters. The molecule has 2 aliphatic carbocycles. The molecule has 3 N–H and O–H groups in total. The summed E-state index contributed by atoms with van der Waals surface area (Å²) < 4.78 is 19.1. The van der Waals surface area contributed by atoms with Crippen LogP contribution < -0.4 is 5.73 Å². The zero-order chi connectivity index (χ0) is 18.3. The van der Waals surface area contributed by atoms with E-state index in [9.17, 15) is 14.3 Å². The second-order valence-electron chi connectivity index (χ2n) is 7.86. The van der Waals surface area contributed by atoms with Crippen molar-refractivity contribution in [1.82, 2.24) is 14.9 Å². The van der Waals surface area contributed by atoms with Crippen molar-refractivity contribution in [2.75, 3.05) is 13.2 Å². The van der Waals surface area contributed by atoms with Gasteiger partial charge in [-0.3, -0.25) is 0 Å². The van der Waals surface area contributed by atoms with E-state index >= 15 is 0 Å². The number of carboxylic acid groups (broad SMARTS) is 1. The van der Waals surface area contributed by atoms with Crippen molar-refractivity contribution in [3.8, 4) is 0 Å². The van der Waals surface area contributed by atoms with E-state index in [4.69, 9.17) is 10.5 Å². The molecular weight excluding hydrogens is 339 g/mol. The van der Waals surface area contributed by atoms with Crippen LogP contribution in [-0.4, -0.2) is 57.4 Å². The maximum Gasteiger partial charge on any atom is 0.407 e. The van der Waals surface area contributed by atoms with Crippen LogP contribution in [0.2, 0.25) is 0 Å². The molecule has 5 atom stereocenters. The first-order valence-electron chi connectivity index (χ1n) is 9.34. The summed E-state index contributed by atoms with van der Waals surface area (Å²) in [6.07, 6.45) is 7.03. The van der Waals surface area contributed by atoms with Gasteiger partial charge in [0.05, 0.1) is 31.1 Å². The Labute approximate surface area is 151 Å². The molecule has 1 aliphatic heterocycles. The van der Waals surface area contributed by atoms with Gasteiger partial charge in [0.1, 0.15) is 5.82 Å². The predicted octanol–water partition coefficient (Wildman–Crippen LogP) is 1.91. The van der Waals surface area contributed by atoms with Gasteiger partial charge in [-0.2, -0.15) is 0 Å². The Kier molecular flexibility index (Phi) is 4.56. The van der Waals surface area contributed by atoms with E-state index in [-0.39, 0.29) is 23.6 Å². The number of aromatic nitrogens is 2. The smallest absolute Gasteiger partial charge is 0.407 e. The van der Waals surface area contributed by atoms with Gasteiger partial charge in [0.2, 0.25) is 0 Å². The lowest BCUT2D eigenvalue weighted by molar-refractivity contribution is -0.0225. The third-order valence-electron chi connectivity index (χ3n) is 6.34. The molecule has 4 rings (SSSR count). The molecule has 8 heteroatoms. The first-order valence-corrected chi connectivity index (χ1v) is 9.34. The number of hydrogen-bond acceptors (Lipinski definition) is 5. The molecule has 1 saturated heterocycles. The SMILES string of the molecule is NC1CCCN(C(=O)O)C1COC1CCC2(c3ncc(F)cn3)CC2C1. The van der Waals surface area contributed by atoms with Crippen molar-refractivity contribution in [3.05, 3.63) is 24.0 Å². The largest absolute Gasteiger partial charge is 0.465 e. The lowest BCUT2D eigenvalue weighted by Gasteiger charge is -2.39. The average Bonchev–Trinajstić information content (AvgIpc) is 3.35. The fourth-order valence-electron chi connectivity index (χ4n) is 4.73. The molecule has 2 saturated carbocycles. The quantitative estimate of drug-likeness (QED) is 0.846. The van der Waals surface area contributed by atoms with Crippen LogP contribution in [-0.2, 0) is 10.2 Å². The van der Waals surface area contributed by atoms with E-state index in [0.29, 0.717) is 19.1 Å². The van der Waals surface area contributed by atoms with Crippen LogP contribution in [0.3, 0.4) is 0 Å². The highest BCUT2D eigenvalue weighted by Crippen LogP contribution is 2.61. The van der Waals surface area contributed by atoms with Gasteiger partial charge in [-0.15, -0.1) is 0 Å². The highest BCUT2D eigenvalue weighted by molar-refractivity contribution is 5.65. The molecule has 2 heterocycles. The number of nitrogens with zero attached hydrogens (tertiary/aromatic N) is 3. The maximum absolute atomic E-state index is 13.1. The first kappa shape index (κ1) is 17.6. The topological polar surface area (TPSA) is 102 Å². The van der Waals surface area contributed by atoms with E-state index in [1.54, 1.807) is 0 Å². The fraction of sp³-hybridized carbons (Fsp3) is 0.722. The highest BCUT2D eigenvalue weighted by Gasteiger charge is 2.59. The Balaban J connectivity index is 1.33. The van der Waals surface area contributed by atoms with Crippen molar-refractivity contribution in [1.29, 1.82) is 0 Å². The van der Waals surface area contributed by atoms with Crippen LogP contribution in [0.5, 0.6) is 0 Å². The highest BCUT2D eigenvalue weighted by atomic mass is 19.1. The fourth-order valence-corrected chi connectivity index (χ4v) is 4.73. The number of halogens is 1. The Morgan fingerprint density at radius 2 is 2.19 bits per heavy atom. The van der Waals surface area contributed by atoms with E-state index in [2.05, 4.69) is 9.97 Å². The molecule has 3 fully saturated rings. The molecule has 1 amide bonds. The number of piperidine rings is 1. The maximum atomic E-state index is 13.1. The standard InChI is InChI=1S/C18H25FN4O3/c19-12-8-21-16(22-9-12)18-4-3-13(6-11(18)7-18)26-10-15-14(20)2-1-5-23(15)17(24)25/h8-9,11,13-15H,1-7,10,20H2,(H,24,25). The lowest BCUT2D eigenvalue weighted by Crippen LogP contribution is -2.56. The average molecular weight is 364 g/mol. The van der Waals surface area contributed by atoms with Crippen LogP contribution >= 0.6 is 0 Å². The van der Waals surface area contributed by atoms with Crippen molar-refractivity contribution in [2.45, 2.75) is 62.1 Å². The van der Waals surface area contributed by atoms with Crippen LogP contribution in [0.1, 0.15) is 44.3 Å². The summed E-state index contributed by atoms with van der Waals surface area (Å²) in [6.45, 7) is 0.875. The lowest BCUT2D eigenvalue weighted by atomic mass is 9.86.